The predicted octanol–water partition coefficient (Wildman–Crippen LogP) is 4.67. The zero-order valence-corrected chi connectivity index (χ0v) is 15.4. The number of carbonyl (C=O) groups excluding carboxylic acids is 1. The molecule has 4 aliphatic rings. The molecule has 6 rings (SSSR count). The molecule has 1 amide bonds. The molecule has 3 heteroatoms. The Morgan fingerprint density at radius 1 is 0.852 bits per heavy atom. The van der Waals surface area contributed by atoms with Gasteiger partial charge in [-0.3, -0.25) is 9.79 Å². The molecule has 0 aromatic heterocycles. The second kappa shape index (κ2) is 5.54. The van der Waals surface area contributed by atoms with Gasteiger partial charge in [-0.05, 0) is 61.8 Å². The van der Waals surface area contributed by atoms with Crippen molar-refractivity contribution >= 4 is 17.3 Å². The Labute approximate surface area is 159 Å². The predicted molar refractivity (Wildman–Crippen MR) is 107 cm³/mol. The summed E-state index contributed by atoms with van der Waals surface area (Å²) in [5, 5.41) is 3.29. The first-order valence-electron chi connectivity index (χ1n) is 10.3. The molecule has 3 fully saturated rings. The zero-order chi connectivity index (χ0) is 18.0. The monoisotopic (exact) mass is 356 g/mol. The van der Waals surface area contributed by atoms with Gasteiger partial charge in [0.05, 0.1) is 11.4 Å². The van der Waals surface area contributed by atoms with Crippen molar-refractivity contribution in [3.05, 3.63) is 65.7 Å². The summed E-state index contributed by atoms with van der Waals surface area (Å²) in [6, 6.07) is 18.6. The number of amides is 1. The number of fused-ring (bicyclic) bond motifs is 5. The van der Waals surface area contributed by atoms with E-state index < -0.39 is 5.54 Å². The molecule has 27 heavy (non-hydrogen) atoms. The Bertz CT molecular complexity index is 940. The van der Waals surface area contributed by atoms with Gasteiger partial charge in [0.1, 0.15) is 5.54 Å². The first kappa shape index (κ1) is 15.6. The van der Waals surface area contributed by atoms with Gasteiger partial charge in [-0.15, -0.1) is 0 Å². The maximum absolute atomic E-state index is 13.7. The van der Waals surface area contributed by atoms with Gasteiger partial charge in [0.2, 0.25) is 0 Å². The van der Waals surface area contributed by atoms with E-state index in [4.69, 9.17) is 4.99 Å². The zero-order valence-electron chi connectivity index (χ0n) is 15.4. The van der Waals surface area contributed by atoms with E-state index in [1.807, 2.05) is 24.3 Å². The van der Waals surface area contributed by atoms with E-state index >= 15 is 0 Å². The number of hydrogen-bond donors (Lipinski definition) is 1. The van der Waals surface area contributed by atoms with Crippen molar-refractivity contribution in [3.8, 4) is 0 Å². The first-order valence-corrected chi connectivity index (χ1v) is 10.3. The third kappa shape index (κ3) is 2.08. The average Bonchev–Trinajstić information content (AvgIpc) is 2.95. The molecule has 1 heterocycles. The molecular weight excluding hydrogens is 332 g/mol. The fraction of sp³-hybridized carbons (Fsp3) is 0.417. The van der Waals surface area contributed by atoms with Crippen molar-refractivity contribution in [2.24, 2.45) is 28.7 Å². The molecule has 5 unspecified atom stereocenters. The normalized spacial score (nSPS) is 36.1. The third-order valence-corrected chi connectivity index (χ3v) is 7.70. The number of nitrogens with one attached hydrogen (secondary N) is 1. The van der Waals surface area contributed by atoms with E-state index in [2.05, 4.69) is 35.6 Å². The van der Waals surface area contributed by atoms with Crippen molar-refractivity contribution in [3.63, 3.8) is 0 Å². The molecule has 2 aromatic carbocycles. The van der Waals surface area contributed by atoms with Crippen LogP contribution in [0, 0.1) is 23.7 Å². The molecular formula is C24H24N2O. The van der Waals surface area contributed by atoms with Gasteiger partial charge in [0, 0.05) is 11.1 Å². The van der Waals surface area contributed by atoms with E-state index in [1.165, 1.54) is 25.7 Å². The summed E-state index contributed by atoms with van der Waals surface area (Å²) in [4.78, 5) is 19.1. The van der Waals surface area contributed by atoms with Crippen molar-refractivity contribution in [1.82, 2.24) is 0 Å². The van der Waals surface area contributed by atoms with E-state index in [0.717, 1.165) is 40.8 Å². The van der Waals surface area contributed by atoms with Crippen LogP contribution in [-0.4, -0.2) is 17.2 Å². The molecule has 1 aliphatic heterocycles. The van der Waals surface area contributed by atoms with Crippen molar-refractivity contribution < 1.29 is 4.79 Å². The summed E-state index contributed by atoms with van der Waals surface area (Å²) in [7, 11) is 0. The summed E-state index contributed by atoms with van der Waals surface area (Å²) in [5.74, 6) is 2.55. The minimum Gasteiger partial charge on any atom is -0.323 e. The molecule has 3 aliphatic carbocycles. The lowest BCUT2D eigenvalue weighted by molar-refractivity contribution is -0.127. The third-order valence-electron chi connectivity index (χ3n) is 7.70. The number of para-hydroxylation sites is 1. The average molecular weight is 356 g/mol. The first-order chi connectivity index (χ1) is 13.3. The molecule has 136 valence electrons. The van der Waals surface area contributed by atoms with E-state index in [1.54, 1.807) is 0 Å². The molecule has 2 aromatic rings. The van der Waals surface area contributed by atoms with Crippen LogP contribution >= 0.6 is 0 Å². The fourth-order valence-electron chi connectivity index (χ4n) is 6.53. The number of benzene rings is 2. The number of carbonyl (C=O) groups is 1. The lowest BCUT2D eigenvalue weighted by Crippen LogP contribution is -2.55. The number of rotatable bonds is 1. The van der Waals surface area contributed by atoms with Gasteiger partial charge in [-0.1, -0.05) is 48.5 Å². The summed E-state index contributed by atoms with van der Waals surface area (Å²) in [6.45, 7) is 0. The summed E-state index contributed by atoms with van der Waals surface area (Å²) in [6.07, 6.45) is 5.96. The Kier molecular flexibility index (Phi) is 3.21. The lowest BCUT2D eigenvalue weighted by Gasteiger charge is -2.46. The topological polar surface area (TPSA) is 41.5 Å². The number of aliphatic imine (C=N–C) groups is 1. The Morgan fingerprint density at radius 2 is 1.59 bits per heavy atom. The molecule has 3 saturated carbocycles. The van der Waals surface area contributed by atoms with Gasteiger partial charge in [0.15, 0.2) is 0 Å². The smallest absolute Gasteiger partial charge is 0.252 e. The maximum Gasteiger partial charge on any atom is 0.252 e. The van der Waals surface area contributed by atoms with Crippen molar-refractivity contribution in [1.29, 1.82) is 0 Å². The van der Waals surface area contributed by atoms with Gasteiger partial charge < -0.3 is 5.32 Å². The van der Waals surface area contributed by atoms with Crippen LogP contribution in [0.2, 0.25) is 0 Å². The van der Waals surface area contributed by atoms with Crippen molar-refractivity contribution in [2.45, 2.75) is 37.6 Å². The Morgan fingerprint density at radius 3 is 2.48 bits per heavy atom. The minimum atomic E-state index is -0.591. The van der Waals surface area contributed by atoms with Crippen LogP contribution in [0.5, 0.6) is 0 Å². The standard InChI is InChI=1S/C24H24N2O/c27-23-24(18-11-10-16-12-19(24)14-17(16)13-18)26-22(15-6-2-1-3-7-15)20-8-4-5-9-21(20)25-23/h1-9,16-19H,10-14H2,(H,25,27). The SMILES string of the molecule is O=C1Nc2ccccc2C(c2ccccc2)=NC12C1CCC3CC2CC3C1. The number of nitrogens with zero attached hydrogens (tertiary/aromatic N) is 1. The van der Waals surface area contributed by atoms with E-state index in [-0.39, 0.29) is 5.91 Å². The summed E-state index contributed by atoms with van der Waals surface area (Å²) < 4.78 is 0. The second-order valence-electron chi connectivity index (χ2n) is 8.85. The van der Waals surface area contributed by atoms with E-state index in [0.29, 0.717) is 11.8 Å². The summed E-state index contributed by atoms with van der Waals surface area (Å²) in [5.41, 5.74) is 3.44. The molecule has 0 saturated heterocycles. The van der Waals surface area contributed by atoms with Gasteiger partial charge in [-0.2, -0.15) is 0 Å². The van der Waals surface area contributed by atoms with Crippen LogP contribution in [0.4, 0.5) is 5.69 Å². The molecule has 0 radical (unpaired) electrons. The Balaban J connectivity index is 1.61. The van der Waals surface area contributed by atoms with Crippen LogP contribution in [0.3, 0.4) is 0 Å². The number of hydrogen-bond acceptors (Lipinski definition) is 2. The van der Waals surface area contributed by atoms with Gasteiger partial charge in [-0.25, -0.2) is 0 Å². The van der Waals surface area contributed by atoms with Crippen LogP contribution in [0.15, 0.2) is 59.6 Å². The quantitative estimate of drug-likeness (QED) is 0.792. The largest absolute Gasteiger partial charge is 0.323 e. The molecule has 1 spiro atoms. The second-order valence-corrected chi connectivity index (χ2v) is 8.85. The van der Waals surface area contributed by atoms with E-state index in [9.17, 15) is 4.79 Å². The van der Waals surface area contributed by atoms with Crippen LogP contribution in [-0.2, 0) is 4.79 Å². The Hall–Kier alpha value is -2.42. The number of anilines is 1. The van der Waals surface area contributed by atoms with Crippen LogP contribution < -0.4 is 5.32 Å². The molecule has 3 bridgehead atoms. The highest BCUT2D eigenvalue weighted by Gasteiger charge is 2.62. The highest BCUT2D eigenvalue weighted by molar-refractivity contribution is 6.20. The minimum absolute atomic E-state index is 0.136. The lowest BCUT2D eigenvalue weighted by atomic mass is 9.62. The summed E-state index contributed by atoms with van der Waals surface area (Å²) >= 11 is 0. The van der Waals surface area contributed by atoms with Gasteiger partial charge in [0.25, 0.3) is 5.91 Å². The van der Waals surface area contributed by atoms with Crippen molar-refractivity contribution in [2.75, 3.05) is 5.32 Å². The molecule has 5 atom stereocenters. The van der Waals surface area contributed by atoms with Crippen LogP contribution in [0.25, 0.3) is 0 Å². The van der Waals surface area contributed by atoms with Crippen LogP contribution in [0.1, 0.15) is 43.2 Å². The molecule has 3 nitrogen and oxygen atoms in total. The highest BCUT2D eigenvalue weighted by Crippen LogP contribution is 2.61. The molecule has 1 N–H and O–H groups in total. The highest BCUT2D eigenvalue weighted by atomic mass is 16.2. The fourth-order valence-corrected chi connectivity index (χ4v) is 6.53. The maximum atomic E-state index is 13.7. The van der Waals surface area contributed by atoms with Gasteiger partial charge >= 0.3 is 0 Å².